The smallest absolute Gasteiger partial charge is 0.193 e. The fourth-order valence-corrected chi connectivity index (χ4v) is 1.92. The molecule has 0 aliphatic heterocycles. The van der Waals surface area contributed by atoms with E-state index in [4.69, 9.17) is 4.42 Å². The van der Waals surface area contributed by atoms with E-state index in [1.807, 2.05) is 12.1 Å². The van der Waals surface area contributed by atoms with Gasteiger partial charge < -0.3 is 4.42 Å². The summed E-state index contributed by atoms with van der Waals surface area (Å²) in [4.78, 5) is 11.7. The molecule has 0 fully saturated rings. The highest BCUT2D eigenvalue weighted by molar-refractivity contribution is 7.99. The van der Waals surface area contributed by atoms with E-state index in [1.54, 1.807) is 18.2 Å². The summed E-state index contributed by atoms with van der Waals surface area (Å²) in [6, 6.07) is 8.78. The number of benzene rings is 1. The molecular formula is C12H10O2S. The van der Waals surface area contributed by atoms with Crippen LogP contribution >= 0.6 is 11.8 Å². The zero-order valence-corrected chi connectivity index (χ0v) is 8.92. The molecule has 0 saturated carbocycles. The summed E-state index contributed by atoms with van der Waals surface area (Å²) in [6.45, 7) is 3.62. The van der Waals surface area contributed by atoms with E-state index in [1.165, 1.54) is 17.8 Å². The summed E-state index contributed by atoms with van der Waals surface area (Å²) >= 11 is 1.46. The predicted octanol–water partition coefficient (Wildman–Crippen LogP) is 3.07. The fourth-order valence-electron chi connectivity index (χ4n) is 1.29. The van der Waals surface area contributed by atoms with Gasteiger partial charge in [-0.15, -0.1) is 6.58 Å². The molecule has 2 aromatic rings. The van der Waals surface area contributed by atoms with Crippen molar-refractivity contribution >= 4 is 22.7 Å². The van der Waals surface area contributed by atoms with E-state index in [2.05, 4.69) is 6.58 Å². The minimum absolute atomic E-state index is 0.00316. The van der Waals surface area contributed by atoms with E-state index < -0.39 is 0 Å². The van der Waals surface area contributed by atoms with Crippen LogP contribution in [0.3, 0.4) is 0 Å². The minimum atomic E-state index is 0.00316. The lowest BCUT2D eigenvalue weighted by atomic mass is 10.2. The molecule has 0 saturated heterocycles. The molecule has 1 heterocycles. The molecule has 0 radical (unpaired) electrons. The van der Waals surface area contributed by atoms with Crippen LogP contribution in [0, 0.1) is 0 Å². The number of para-hydroxylation sites is 1. The topological polar surface area (TPSA) is 30.2 Å². The van der Waals surface area contributed by atoms with Crippen LogP contribution in [0.25, 0.3) is 11.0 Å². The molecule has 2 rings (SSSR count). The Morgan fingerprint density at radius 2 is 2.20 bits per heavy atom. The molecule has 3 heteroatoms. The lowest BCUT2D eigenvalue weighted by Gasteiger charge is -2.00. The molecule has 0 amide bonds. The summed E-state index contributed by atoms with van der Waals surface area (Å²) in [5, 5.41) is 1.26. The lowest BCUT2D eigenvalue weighted by molar-refractivity contribution is 0.500. The van der Waals surface area contributed by atoms with Gasteiger partial charge in [0.15, 0.2) is 10.5 Å². The van der Waals surface area contributed by atoms with Gasteiger partial charge in [0.25, 0.3) is 0 Å². The maximum Gasteiger partial charge on any atom is 0.193 e. The molecule has 0 bridgehead atoms. The highest BCUT2D eigenvalue weighted by Gasteiger charge is 2.03. The first-order chi connectivity index (χ1) is 7.31. The summed E-state index contributed by atoms with van der Waals surface area (Å²) in [7, 11) is 0. The maximum atomic E-state index is 11.7. The Bertz CT molecular complexity index is 543. The van der Waals surface area contributed by atoms with Crippen LogP contribution in [-0.4, -0.2) is 5.75 Å². The van der Waals surface area contributed by atoms with E-state index in [9.17, 15) is 4.79 Å². The number of rotatable bonds is 3. The average Bonchev–Trinajstić information content (AvgIpc) is 2.26. The molecule has 1 aromatic heterocycles. The Balaban J connectivity index is 2.52. The second-order valence-corrected chi connectivity index (χ2v) is 4.05. The third kappa shape index (κ3) is 2.13. The Hall–Kier alpha value is -1.48. The molecular weight excluding hydrogens is 208 g/mol. The second-order valence-electron chi connectivity index (χ2n) is 3.03. The molecule has 15 heavy (non-hydrogen) atoms. The van der Waals surface area contributed by atoms with E-state index in [0.717, 1.165) is 5.75 Å². The van der Waals surface area contributed by atoms with Crippen molar-refractivity contribution in [2.75, 3.05) is 5.75 Å². The van der Waals surface area contributed by atoms with Crippen molar-refractivity contribution in [1.29, 1.82) is 0 Å². The quantitative estimate of drug-likeness (QED) is 0.586. The van der Waals surface area contributed by atoms with Crippen molar-refractivity contribution < 1.29 is 4.42 Å². The fraction of sp³-hybridized carbons (Fsp3) is 0.0833. The van der Waals surface area contributed by atoms with Gasteiger partial charge >= 0.3 is 0 Å². The zero-order valence-electron chi connectivity index (χ0n) is 8.10. The van der Waals surface area contributed by atoms with Crippen molar-refractivity contribution in [3.8, 4) is 0 Å². The Morgan fingerprint density at radius 3 is 3.00 bits per heavy atom. The van der Waals surface area contributed by atoms with Crippen molar-refractivity contribution in [1.82, 2.24) is 0 Å². The molecule has 76 valence electrons. The first-order valence-corrected chi connectivity index (χ1v) is 5.56. The summed E-state index contributed by atoms with van der Waals surface area (Å²) in [5.74, 6) is 0.737. The van der Waals surface area contributed by atoms with Crippen molar-refractivity contribution in [3.63, 3.8) is 0 Å². The van der Waals surface area contributed by atoms with Gasteiger partial charge in [0.05, 0.1) is 5.39 Å². The third-order valence-corrected chi connectivity index (χ3v) is 2.84. The van der Waals surface area contributed by atoms with E-state index in [-0.39, 0.29) is 5.43 Å². The largest absolute Gasteiger partial charge is 0.450 e. The molecule has 0 aliphatic carbocycles. The van der Waals surface area contributed by atoms with Gasteiger partial charge in [0.2, 0.25) is 0 Å². The van der Waals surface area contributed by atoms with Crippen LogP contribution in [0.1, 0.15) is 0 Å². The number of hydrogen-bond donors (Lipinski definition) is 0. The predicted molar refractivity (Wildman–Crippen MR) is 63.4 cm³/mol. The third-order valence-electron chi connectivity index (χ3n) is 1.96. The molecule has 0 N–H and O–H groups in total. The molecule has 0 atom stereocenters. The number of thioether (sulfide) groups is 1. The Labute approximate surface area is 91.6 Å². The first-order valence-electron chi connectivity index (χ1n) is 4.58. The van der Waals surface area contributed by atoms with Crippen molar-refractivity contribution in [2.45, 2.75) is 5.09 Å². The molecule has 2 nitrogen and oxygen atoms in total. The molecule has 0 aliphatic rings. The molecule has 0 unspecified atom stereocenters. The van der Waals surface area contributed by atoms with Gasteiger partial charge in [-0.05, 0) is 12.1 Å². The standard InChI is InChI=1S/C12H10O2S/c1-2-7-15-12-8-10(13)9-5-3-4-6-11(9)14-12/h2-6,8H,1,7H2. The molecule has 1 aromatic carbocycles. The summed E-state index contributed by atoms with van der Waals surface area (Å²) < 4.78 is 5.56. The maximum absolute atomic E-state index is 11.7. The van der Waals surface area contributed by atoms with Gasteiger partial charge in [-0.1, -0.05) is 30.0 Å². The van der Waals surface area contributed by atoms with Crippen molar-refractivity contribution in [2.24, 2.45) is 0 Å². The van der Waals surface area contributed by atoms with Crippen LogP contribution in [0.5, 0.6) is 0 Å². The Kier molecular flexibility index (Phi) is 2.92. The van der Waals surface area contributed by atoms with Gasteiger partial charge in [0, 0.05) is 11.8 Å². The first kappa shape index (κ1) is 10.1. The van der Waals surface area contributed by atoms with Gasteiger partial charge in [0.1, 0.15) is 5.58 Å². The Morgan fingerprint density at radius 1 is 1.40 bits per heavy atom. The van der Waals surface area contributed by atoms with Gasteiger partial charge in [-0.2, -0.15) is 0 Å². The SMILES string of the molecule is C=CCSc1cc(=O)c2ccccc2o1. The van der Waals surface area contributed by atoms with E-state index in [0.29, 0.717) is 16.1 Å². The minimum Gasteiger partial charge on any atom is -0.450 e. The monoisotopic (exact) mass is 218 g/mol. The molecule has 0 spiro atoms. The highest BCUT2D eigenvalue weighted by Crippen LogP contribution is 2.20. The lowest BCUT2D eigenvalue weighted by Crippen LogP contribution is -1.99. The van der Waals surface area contributed by atoms with Crippen LogP contribution < -0.4 is 5.43 Å². The van der Waals surface area contributed by atoms with Crippen molar-refractivity contribution in [3.05, 3.63) is 53.2 Å². The normalized spacial score (nSPS) is 10.4. The highest BCUT2D eigenvalue weighted by atomic mass is 32.2. The van der Waals surface area contributed by atoms with Crippen LogP contribution in [-0.2, 0) is 0 Å². The second kappa shape index (κ2) is 4.36. The van der Waals surface area contributed by atoms with Crippen LogP contribution in [0.2, 0.25) is 0 Å². The van der Waals surface area contributed by atoms with Gasteiger partial charge in [-0.25, -0.2) is 0 Å². The van der Waals surface area contributed by atoms with E-state index >= 15 is 0 Å². The van der Waals surface area contributed by atoms with Crippen LogP contribution in [0.4, 0.5) is 0 Å². The summed E-state index contributed by atoms with van der Waals surface area (Å²) in [5.41, 5.74) is 0.639. The number of hydrogen-bond acceptors (Lipinski definition) is 3. The average molecular weight is 218 g/mol. The van der Waals surface area contributed by atoms with Crippen LogP contribution in [0.15, 0.2) is 57.3 Å². The van der Waals surface area contributed by atoms with Gasteiger partial charge in [-0.3, -0.25) is 4.79 Å². The summed E-state index contributed by atoms with van der Waals surface area (Å²) in [6.07, 6.45) is 1.78. The number of fused-ring (bicyclic) bond motifs is 1. The zero-order chi connectivity index (χ0) is 10.7.